The number of halogens is 2. The number of benzene rings is 2. The number of rotatable bonds is 4. The van der Waals surface area contributed by atoms with Crippen molar-refractivity contribution < 1.29 is 4.92 Å². The predicted octanol–water partition coefficient (Wildman–Crippen LogP) is 5.17. The Morgan fingerprint density at radius 3 is 2.45 bits per heavy atom. The third-order valence-corrected chi connectivity index (χ3v) is 3.76. The standard InChI is InChI=1S/C14H12BrClN2O2/c1-2-17(10-6-4-3-5-7-10)14-12(15)8-11(18(19)20)9-13(14)16/h3-9H,2H2,1H3. The highest BCUT2D eigenvalue weighted by Crippen LogP contribution is 2.40. The molecule has 0 aliphatic carbocycles. The lowest BCUT2D eigenvalue weighted by molar-refractivity contribution is -0.384. The zero-order chi connectivity index (χ0) is 14.7. The summed E-state index contributed by atoms with van der Waals surface area (Å²) in [6, 6.07) is 12.6. The highest BCUT2D eigenvalue weighted by Gasteiger charge is 2.19. The first-order chi connectivity index (χ1) is 9.54. The number of hydrogen-bond donors (Lipinski definition) is 0. The molecule has 0 fully saturated rings. The van der Waals surface area contributed by atoms with Crippen LogP contribution in [0, 0.1) is 10.1 Å². The van der Waals surface area contributed by atoms with Crippen molar-refractivity contribution in [2.45, 2.75) is 6.92 Å². The topological polar surface area (TPSA) is 46.4 Å². The second-order valence-electron chi connectivity index (χ2n) is 4.09. The first kappa shape index (κ1) is 14.8. The van der Waals surface area contributed by atoms with E-state index in [9.17, 15) is 10.1 Å². The molecule has 2 rings (SSSR count). The number of nitro benzene ring substituents is 1. The van der Waals surface area contributed by atoms with Crippen molar-refractivity contribution in [3.8, 4) is 0 Å². The molecule has 2 aromatic rings. The van der Waals surface area contributed by atoms with E-state index in [0.29, 0.717) is 16.0 Å². The van der Waals surface area contributed by atoms with E-state index in [1.165, 1.54) is 12.1 Å². The van der Waals surface area contributed by atoms with E-state index < -0.39 is 4.92 Å². The average molecular weight is 356 g/mol. The van der Waals surface area contributed by atoms with E-state index in [4.69, 9.17) is 11.6 Å². The van der Waals surface area contributed by atoms with Crippen molar-refractivity contribution >= 4 is 44.6 Å². The molecule has 0 aliphatic heterocycles. The molecule has 0 radical (unpaired) electrons. The minimum atomic E-state index is -0.459. The fourth-order valence-electron chi connectivity index (χ4n) is 1.99. The average Bonchev–Trinajstić information content (AvgIpc) is 2.43. The summed E-state index contributed by atoms with van der Waals surface area (Å²) in [6.45, 7) is 2.69. The molecule has 0 N–H and O–H groups in total. The van der Waals surface area contributed by atoms with Crippen LogP contribution in [0.1, 0.15) is 6.92 Å². The SMILES string of the molecule is CCN(c1ccccc1)c1c(Cl)cc([N+](=O)[O-])cc1Br. The van der Waals surface area contributed by atoms with Crippen LogP contribution < -0.4 is 4.90 Å². The Kier molecular flexibility index (Phi) is 4.62. The third kappa shape index (κ3) is 2.94. The van der Waals surface area contributed by atoms with Crippen molar-refractivity contribution in [2.75, 3.05) is 11.4 Å². The molecule has 0 aliphatic rings. The van der Waals surface area contributed by atoms with Gasteiger partial charge in [0.2, 0.25) is 0 Å². The summed E-state index contributed by atoms with van der Waals surface area (Å²) in [6.07, 6.45) is 0. The molecule has 20 heavy (non-hydrogen) atoms. The molecule has 0 unspecified atom stereocenters. The monoisotopic (exact) mass is 354 g/mol. The van der Waals surface area contributed by atoms with E-state index in [1.807, 2.05) is 42.2 Å². The normalized spacial score (nSPS) is 10.3. The molecule has 6 heteroatoms. The van der Waals surface area contributed by atoms with Gasteiger partial charge in [-0.05, 0) is 35.0 Å². The summed E-state index contributed by atoms with van der Waals surface area (Å²) in [5, 5.41) is 11.2. The molecule has 104 valence electrons. The number of non-ortho nitro benzene ring substituents is 1. The van der Waals surface area contributed by atoms with Crippen molar-refractivity contribution in [1.29, 1.82) is 0 Å². The van der Waals surface area contributed by atoms with Gasteiger partial charge in [-0.2, -0.15) is 0 Å². The van der Waals surface area contributed by atoms with Gasteiger partial charge in [-0.1, -0.05) is 29.8 Å². The van der Waals surface area contributed by atoms with E-state index in [1.54, 1.807) is 0 Å². The quantitative estimate of drug-likeness (QED) is 0.561. The lowest BCUT2D eigenvalue weighted by atomic mass is 10.2. The highest BCUT2D eigenvalue weighted by molar-refractivity contribution is 9.10. The van der Waals surface area contributed by atoms with Gasteiger partial charge < -0.3 is 4.90 Å². The molecule has 0 saturated carbocycles. The Hall–Kier alpha value is -1.59. The Morgan fingerprint density at radius 2 is 1.95 bits per heavy atom. The zero-order valence-corrected chi connectivity index (χ0v) is 13.1. The van der Waals surface area contributed by atoms with Crippen LogP contribution in [0.2, 0.25) is 5.02 Å². The largest absolute Gasteiger partial charge is 0.340 e. The fraction of sp³-hybridized carbons (Fsp3) is 0.143. The van der Waals surface area contributed by atoms with E-state index in [-0.39, 0.29) is 5.69 Å². The second kappa shape index (κ2) is 6.24. The van der Waals surface area contributed by atoms with E-state index in [0.717, 1.165) is 11.4 Å². The smallest absolute Gasteiger partial charge is 0.272 e. The van der Waals surface area contributed by atoms with Crippen LogP contribution in [0.4, 0.5) is 17.1 Å². The molecule has 0 amide bonds. The fourth-order valence-corrected chi connectivity index (χ4v) is 3.09. The summed E-state index contributed by atoms with van der Waals surface area (Å²) in [4.78, 5) is 12.4. The summed E-state index contributed by atoms with van der Waals surface area (Å²) < 4.78 is 0.599. The summed E-state index contributed by atoms with van der Waals surface area (Å²) in [5.41, 5.74) is 1.67. The Labute approximate surface area is 130 Å². The second-order valence-corrected chi connectivity index (χ2v) is 5.36. The van der Waals surface area contributed by atoms with Gasteiger partial charge in [-0.25, -0.2) is 0 Å². The third-order valence-electron chi connectivity index (χ3n) is 2.87. The molecule has 0 spiro atoms. The highest BCUT2D eigenvalue weighted by atomic mass is 79.9. The van der Waals surface area contributed by atoms with Gasteiger partial charge in [0, 0.05) is 28.8 Å². The maximum Gasteiger partial charge on any atom is 0.272 e. The van der Waals surface area contributed by atoms with Crippen LogP contribution >= 0.6 is 27.5 Å². The molecule has 0 saturated heterocycles. The van der Waals surface area contributed by atoms with Crippen LogP contribution in [0.5, 0.6) is 0 Å². The van der Waals surface area contributed by atoms with Gasteiger partial charge in [0.05, 0.1) is 15.6 Å². The van der Waals surface area contributed by atoms with Gasteiger partial charge in [0.15, 0.2) is 0 Å². The molecular formula is C14H12BrClN2O2. The molecule has 0 bridgehead atoms. The van der Waals surface area contributed by atoms with Gasteiger partial charge in [-0.3, -0.25) is 10.1 Å². The first-order valence-corrected chi connectivity index (χ1v) is 7.17. The molecule has 2 aromatic carbocycles. The van der Waals surface area contributed by atoms with E-state index >= 15 is 0 Å². The van der Waals surface area contributed by atoms with Crippen molar-refractivity contribution in [3.63, 3.8) is 0 Å². The minimum Gasteiger partial charge on any atom is -0.340 e. The number of nitro groups is 1. The lowest BCUT2D eigenvalue weighted by Gasteiger charge is -2.25. The molecular weight excluding hydrogens is 344 g/mol. The first-order valence-electron chi connectivity index (χ1n) is 6.00. The Bertz CT molecular complexity index is 611. The number of para-hydroxylation sites is 1. The number of nitrogens with zero attached hydrogens (tertiary/aromatic N) is 2. The van der Waals surface area contributed by atoms with Crippen LogP contribution in [0.15, 0.2) is 46.9 Å². The maximum absolute atomic E-state index is 10.8. The van der Waals surface area contributed by atoms with Crippen molar-refractivity contribution in [2.24, 2.45) is 0 Å². The lowest BCUT2D eigenvalue weighted by Crippen LogP contribution is -2.17. The summed E-state index contributed by atoms with van der Waals surface area (Å²) in [5.74, 6) is 0. The van der Waals surface area contributed by atoms with Crippen LogP contribution in [-0.2, 0) is 0 Å². The Morgan fingerprint density at radius 1 is 1.30 bits per heavy atom. The molecule has 0 aromatic heterocycles. The van der Waals surface area contributed by atoms with Gasteiger partial charge in [0.25, 0.3) is 5.69 Å². The Balaban J connectivity index is 2.53. The van der Waals surface area contributed by atoms with Gasteiger partial charge >= 0.3 is 0 Å². The molecule has 0 heterocycles. The maximum atomic E-state index is 10.8. The van der Waals surface area contributed by atoms with Crippen LogP contribution in [0.3, 0.4) is 0 Å². The van der Waals surface area contributed by atoms with Gasteiger partial charge in [-0.15, -0.1) is 0 Å². The summed E-state index contributed by atoms with van der Waals surface area (Å²) in [7, 11) is 0. The van der Waals surface area contributed by atoms with Crippen LogP contribution in [-0.4, -0.2) is 11.5 Å². The summed E-state index contributed by atoms with van der Waals surface area (Å²) >= 11 is 9.60. The number of anilines is 2. The molecule has 0 atom stereocenters. The van der Waals surface area contributed by atoms with Gasteiger partial charge in [0.1, 0.15) is 0 Å². The molecule has 4 nitrogen and oxygen atoms in total. The van der Waals surface area contributed by atoms with E-state index in [2.05, 4.69) is 15.9 Å². The number of hydrogen-bond acceptors (Lipinski definition) is 3. The van der Waals surface area contributed by atoms with Crippen LogP contribution in [0.25, 0.3) is 0 Å². The van der Waals surface area contributed by atoms with Crippen molar-refractivity contribution in [1.82, 2.24) is 0 Å². The minimum absolute atomic E-state index is 0.0326. The zero-order valence-electron chi connectivity index (χ0n) is 10.7. The van der Waals surface area contributed by atoms with Crippen molar-refractivity contribution in [3.05, 3.63) is 62.1 Å². The predicted molar refractivity (Wildman–Crippen MR) is 84.9 cm³/mol.